The third-order valence-corrected chi connectivity index (χ3v) is 5.83. The van der Waals surface area contributed by atoms with E-state index in [1.807, 2.05) is 49.7 Å². The lowest BCUT2D eigenvalue weighted by Gasteiger charge is -2.31. The standard InChI is InChI=1S/C23H35N9O.ClH/c1-6-33-14-13-32-21-20(18(28-32)16-31-11-9-30(5)10-12-31)26-23(29(3)4)27-22(21)25-19-15-17(2)7-8-24-19;/h7-8,15H,6,9-14,16H2,1-5H3,(H,24,25,26,27);1H. The van der Waals surface area contributed by atoms with E-state index >= 15 is 0 Å². The van der Waals surface area contributed by atoms with E-state index in [2.05, 4.69) is 27.1 Å². The average Bonchev–Trinajstić information content (AvgIpc) is 3.13. The van der Waals surface area contributed by atoms with Gasteiger partial charge in [-0.25, -0.2) is 9.97 Å². The Morgan fingerprint density at radius 3 is 2.59 bits per heavy atom. The number of aromatic nitrogens is 5. The Kier molecular flexibility index (Phi) is 9.01. The zero-order valence-electron chi connectivity index (χ0n) is 20.8. The van der Waals surface area contributed by atoms with Crippen LogP contribution in [0.5, 0.6) is 0 Å². The minimum Gasteiger partial charge on any atom is -0.380 e. The molecule has 0 aromatic carbocycles. The highest BCUT2D eigenvalue weighted by atomic mass is 35.5. The molecular weight excluding hydrogens is 454 g/mol. The van der Waals surface area contributed by atoms with Crippen LogP contribution in [0.15, 0.2) is 18.3 Å². The summed E-state index contributed by atoms with van der Waals surface area (Å²) in [5.41, 5.74) is 3.86. The molecule has 186 valence electrons. The van der Waals surface area contributed by atoms with E-state index in [9.17, 15) is 0 Å². The molecule has 0 bridgehead atoms. The summed E-state index contributed by atoms with van der Waals surface area (Å²) in [5.74, 6) is 2.09. The van der Waals surface area contributed by atoms with Gasteiger partial charge in [0.05, 0.1) is 13.2 Å². The van der Waals surface area contributed by atoms with Crippen molar-refractivity contribution in [3.05, 3.63) is 29.6 Å². The van der Waals surface area contributed by atoms with Gasteiger partial charge in [0.1, 0.15) is 22.5 Å². The van der Waals surface area contributed by atoms with Gasteiger partial charge in [-0.15, -0.1) is 12.4 Å². The quantitative estimate of drug-likeness (QED) is 0.455. The molecule has 3 aromatic heterocycles. The average molecular weight is 490 g/mol. The normalized spacial score (nSPS) is 14.9. The van der Waals surface area contributed by atoms with Crippen molar-refractivity contribution in [1.82, 2.24) is 34.5 Å². The number of aryl methyl sites for hydroxylation is 1. The van der Waals surface area contributed by atoms with E-state index in [1.165, 1.54) is 0 Å². The van der Waals surface area contributed by atoms with Crippen molar-refractivity contribution in [3.8, 4) is 0 Å². The first-order valence-electron chi connectivity index (χ1n) is 11.6. The summed E-state index contributed by atoms with van der Waals surface area (Å²) in [7, 11) is 6.08. The van der Waals surface area contributed by atoms with Gasteiger partial charge in [0, 0.05) is 59.6 Å². The molecule has 0 amide bonds. The molecular formula is C23H36ClN9O. The Balaban J connectivity index is 0.00000324. The van der Waals surface area contributed by atoms with Crippen LogP contribution in [0.2, 0.25) is 0 Å². The largest absolute Gasteiger partial charge is 0.380 e. The van der Waals surface area contributed by atoms with Gasteiger partial charge in [-0.3, -0.25) is 9.58 Å². The fourth-order valence-electron chi connectivity index (χ4n) is 3.93. The first kappa shape index (κ1) is 26.1. The fourth-order valence-corrected chi connectivity index (χ4v) is 3.93. The predicted molar refractivity (Wildman–Crippen MR) is 138 cm³/mol. The number of pyridine rings is 1. The number of likely N-dealkylation sites (N-methyl/N-ethyl adjacent to an activating group) is 1. The van der Waals surface area contributed by atoms with Crippen molar-refractivity contribution in [3.63, 3.8) is 0 Å². The van der Waals surface area contributed by atoms with Crippen LogP contribution in [0.25, 0.3) is 11.0 Å². The minimum atomic E-state index is 0. The monoisotopic (exact) mass is 489 g/mol. The lowest BCUT2D eigenvalue weighted by Crippen LogP contribution is -2.44. The number of rotatable bonds is 9. The summed E-state index contributed by atoms with van der Waals surface area (Å²) in [5, 5.41) is 8.42. The molecule has 0 aliphatic carbocycles. The van der Waals surface area contributed by atoms with Crippen LogP contribution in [0.1, 0.15) is 18.2 Å². The summed E-state index contributed by atoms with van der Waals surface area (Å²) in [6, 6.07) is 3.99. The predicted octanol–water partition coefficient (Wildman–Crippen LogP) is 2.55. The van der Waals surface area contributed by atoms with Gasteiger partial charge in [0.2, 0.25) is 5.95 Å². The van der Waals surface area contributed by atoms with Gasteiger partial charge in [-0.05, 0) is 38.6 Å². The highest BCUT2D eigenvalue weighted by Gasteiger charge is 2.23. The van der Waals surface area contributed by atoms with Gasteiger partial charge in [0.15, 0.2) is 5.82 Å². The fraction of sp³-hybridized carbons (Fsp3) is 0.565. The zero-order valence-corrected chi connectivity index (χ0v) is 21.6. The molecule has 0 unspecified atom stereocenters. The van der Waals surface area contributed by atoms with E-state index in [0.29, 0.717) is 31.5 Å². The van der Waals surface area contributed by atoms with Gasteiger partial charge >= 0.3 is 0 Å². The summed E-state index contributed by atoms with van der Waals surface area (Å²) in [6.45, 7) is 10.9. The van der Waals surface area contributed by atoms with E-state index in [4.69, 9.17) is 19.8 Å². The highest BCUT2D eigenvalue weighted by molar-refractivity contribution is 5.90. The molecule has 34 heavy (non-hydrogen) atoms. The van der Waals surface area contributed by atoms with E-state index < -0.39 is 0 Å². The molecule has 4 rings (SSSR count). The number of ether oxygens (including phenoxy) is 1. The maximum atomic E-state index is 5.63. The van der Waals surface area contributed by atoms with Crippen molar-refractivity contribution in [2.24, 2.45) is 0 Å². The number of anilines is 3. The van der Waals surface area contributed by atoms with E-state index in [-0.39, 0.29) is 12.4 Å². The van der Waals surface area contributed by atoms with Crippen LogP contribution in [-0.4, -0.2) is 95.1 Å². The van der Waals surface area contributed by atoms with Crippen molar-refractivity contribution in [1.29, 1.82) is 0 Å². The Bertz CT molecular complexity index is 1080. The lowest BCUT2D eigenvalue weighted by atomic mass is 10.2. The second-order valence-electron chi connectivity index (χ2n) is 8.75. The smallest absolute Gasteiger partial charge is 0.227 e. The summed E-state index contributed by atoms with van der Waals surface area (Å²) in [4.78, 5) is 20.9. The molecule has 4 heterocycles. The van der Waals surface area contributed by atoms with Gasteiger partial charge in [-0.1, -0.05) is 0 Å². The molecule has 0 radical (unpaired) electrons. The minimum absolute atomic E-state index is 0. The number of fused-ring (bicyclic) bond motifs is 1. The van der Waals surface area contributed by atoms with Crippen molar-refractivity contribution < 1.29 is 4.74 Å². The summed E-state index contributed by atoms with van der Waals surface area (Å²) in [6.07, 6.45) is 1.80. The number of halogens is 1. The van der Waals surface area contributed by atoms with Gasteiger partial charge in [0.25, 0.3) is 0 Å². The second-order valence-corrected chi connectivity index (χ2v) is 8.75. The number of hydrogen-bond acceptors (Lipinski definition) is 9. The lowest BCUT2D eigenvalue weighted by molar-refractivity contribution is 0.136. The molecule has 1 aliphatic rings. The molecule has 11 heteroatoms. The molecule has 10 nitrogen and oxygen atoms in total. The Hall–Kier alpha value is -2.53. The second kappa shape index (κ2) is 11.7. The molecule has 1 N–H and O–H groups in total. The molecule has 0 spiro atoms. The molecule has 1 saturated heterocycles. The first-order chi connectivity index (χ1) is 15.9. The number of nitrogens with one attached hydrogen (secondary N) is 1. The number of nitrogens with zero attached hydrogens (tertiary/aromatic N) is 8. The van der Waals surface area contributed by atoms with Crippen molar-refractivity contribution in [2.45, 2.75) is 26.9 Å². The van der Waals surface area contributed by atoms with Crippen LogP contribution in [-0.2, 0) is 17.8 Å². The summed E-state index contributed by atoms with van der Waals surface area (Å²) >= 11 is 0. The van der Waals surface area contributed by atoms with Crippen LogP contribution >= 0.6 is 12.4 Å². The number of piperazine rings is 1. The molecule has 0 saturated carbocycles. The highest BCUT2D eigenvalue weighted by Crippen LogP contribution is 2.29. The van der Waals surface area contributed by atoms with Crippen LogP contribution in [0.3, 0.4) is 0 Å². The van der Waals surface area contributed by atoms with E-state index in [1.54, 1.807) is 6.20 Å². The zero-order chi connectivity index (χ0) is 23.4. The number of hydrogen-bond donors (Lipinski definition) is 1. The van der Waals surface area contributed by atoms with Gasteiger partial charge < -0.3 is 19.9 Å². The van der Waals surface area contributed by atoms with Crippen molar-refractivity contribution in [2.75, 3.05) is 70.8 Å². The van der Waals surface area contributed by atoms with Crippen LogP contribution < -0.4 is 10.2 Å². The maximum absolute atomic E-state index is 5.63. The molecule has 0 atom stereocenters. The van der Waals surface area contributed by atoms with E-state index in [0.717, 1.165) is 60.8 Å². The maximum Gasteiger partial charge on any atom is 0.227 e. The van der Waals surface area contributed by atoms with Crippen LogP contribution in [0.4, 0.5) is 17.6 Å². The first-order valence-corrected chi connectivity index (χ1v) is 11.6. The molecule has 1 fully saturated rings. The third-order valence-electron chi connectivity index (χ3n) is 5.83. The van der Waals surface area contributed by atoms with Crippen LogP contribution in [0, 0.1) is 6.92 Å². The third kappa shape index (κ3) is 6.12. The van der Waals surface area contributed by atoms with Gasteiger partial charge in [-0.2, -0.15) is 10.1 Å². The Morgan fingerprint density at radius 1 is 1.15 bits per heavy atom. The molecule has 1 aliphatic heterocycles. The Labute approximate surface area is 207 Å². The topological polar surface area (TPSA) is 87.5 Å². The SMILES string of the molecule is CCOCCn1nc(CN2CCN(C)CC2)c2nc(N(C)C)nc(Nc3cc(C)ccn3)c21.Cl. The Morgan fingerprint density at radius 2 is 1.91 bits per heavy atom. The molecule has 3 aromatic rings. The van der Waals surface area contributed by atoms with Crippen molar-refractivity contribution >= 4 is 41.0 Å². The summed E-state index contributed by atoms with van der Waals surface area (Å²) < 4.78 is 7.61.